The molecule has 0 unspecified atom stereocenters. The molecule has 13 heavy (non-hydrogen) atoms. The van der Waals surface area contributed by atoms with Crippen LogP contribution >= 0.6 is 23.2 Å². The molecule has 1 aromatic rings. The van der Waals surface area contributed by atoms with Gasteiger partial charge in [-0.25, -0.2) is 4.79 Å². The lowest BCUT2D eigenvalue weighted by molar-refractivity contribution is 0.105. The van der Waals surface area contributed by atoms with Crippen molar-refractivity contribution in [1.82, 2.24) is 0 Å². The van der Waals surface area contributed by atoms with E-state index in [0.717, 1.165) is 12.1 Å². The molecule has 0 fully saturated rings. The predicted octanol–water partition coefficient (Wildman–Crippen LogP) is 1.40. The molecule has 4 nitrogen and oxygen atoms in total. The first-order valence-electron chi connectivity index (χ1n) is 3.05. The van der Waals surface area contributed by atoms with Crippen molar-refractivity contribution < 1.29 is 14.0 Å². The zero-order chi connectivity index (χ0) is 10.0. The molecule has 0 saturated carbocycles. The molecule has 68 valence electrons. The molecule has 0 aromatic carbocycles. The molecule has 0 spiro atoms. The number of carbonyl (C=O) groups excluding carboxylic acids is 2. The van der Waals surface area contributed by atoms with Gasteiger partial charge in [0.1, 0.15) is 0 Å². The first-order chi connectivity index (χ1) is 6.00. The summed E-state index contributed by atoms with van der Waals surface area (Å²) in [5.41, 5.74) is -0.975. The molecular formula is C7H2Cl2O4. The Balaban J connectivity index is 3.35. The highest BCUT2D eigenvalue weighted by Crippen LogP contribution is 2.07. The summed E-state index contributed by atoms with van der Waals surface area (Å²) in [4.78, 5) is 31.9. The van der Waals surface area contributed by atoms with Gasteiger partial charge in [-0.3, -0.25) is 9.59 Å². The number of halogens is 2. The molecule has 0 amide bonds. The van der Waals surface area contributed by atoms with E-state index in [9.17, 15) is 14.4 Å². The number of hydrogen-bond acceptors (Lipinski definition) is 4. The monoisotopic (exact) mass is 220 g/mol. The van der Waals surface area contributed by atoms with Crippen LogP contribution in [0.5, 0.6) is 0 Å². The normalized spacial score (nSPS) is 9.69. The van der Waals surface area contributed by atoms with Crippen molar-refractivity contribution >= 4 is 33.7 Å². The van der Waals surface area contributed by atoms with Gasteiger partial charge in [0.25, 0.3) is 10.5 Å². The molecule has 0 N–H and O–H groups in total. The summed E-state index contributed by atoms with van der Waals surface area (Å²) < 4.78 is 4.38. The maximum absolute atomic E-state index is 10.7. The standard InChI is InChI=1S/C7H2Cl2O4/c8-6(11)3-1-4(7(9)12)13-5(10)2-3/h1-2H. The lowest BCUT2D eigenvalue weighted by Gasteiger charge is -1.94. The highest BCUT2D eigenvalue weighted by molar-refractivity contribution is 6.68. The minimum absolute atomic E-state index is 0.123. The largest absolute Gasteiger partial charge is 0.418 e. The molecule has 0 atom stereocenters. The number of rotatable bonds is 2. The van der Waals surface area contributed by atoms with Crippen molar-refractivity contribution in [2.75, 3.05) is 0 Å². The average Bonchev–Trinajstić information content (AvgIpc) is 2.03. The summed E-state index contributed by atoms with van der Waals surface area (Å²) in [6.07, 6.45) is 0. The highest BCUT2D eigenvalue weighted by atomic mass is 35.5. The summed E-state index contributed by atoms with van der Waals surface area (Å²) in [7, 11) is 0. The summed E-state index contributed by atoms with van der Waals surface area (Å²) >= 11 is 10.1. The predicted molar refractivity (Wildman–Crippen MR) is 45.3 cm³/mol. The van der Waals surface area contributed by atoms with E-state index >= 15 is 0 Å². The van der Waals surface area contributed by atoms with E-state index in [4.69, 9.17) is 23.2 Å². The van der Waals surface area contributed by atoms with Gasteiger partial charge in [0.15, 0.2) is 5.76 Å². The lowest BCUT2D eigenvalue weighted by atomic mass is 10.3. The van der Waals surface area contributed by atoms with Gasteiger partial charge in [-0.1, -0.05) is 0 Å². The molecule has 0 aliphatic carbocycles. The van der Waals surface area contributed by atoms with E-state index in [-0.39, 0.29) is 5.56 Å². The van der Waals surface area contributed by atoms with Crippen molar-refractivity contribution in [2.45, 2.75) is 0 Å². The van der Waals surface area contributed by atoms with E-state index in [2.05, 4.69) is 4.42 Å². The van der Waals surface area contributed by atoms with E-state index in [1.54, 1.807) is 0 Å². The third kappa shape index (κ3) is 2.40. The topological polar surface area (TPSA) is 64.3 Å². The van der Waals surface area contributed by atoms with E-state index in [0.29, 0.717) is 0 Å². The summed E-state index contributed by atoms with van der Waals surface area (Å²) in [6, 6.07) is 1.88. The van der Waals surface area contributed by atoms with Gasteiger partial charge in [-0.2, -0.15) is 0 Å². The molecule has 6 heteroatoms. The van der Waals surface area contributed by atoms with E-state index in [1.807, 2.05) is 0 Å². The second-order valence-electron chi connectivity index (χ2n) is 2.08. The Morgan fingerprint density at radius 2 is 1.77 bits per heavy atom. The van der Waals surface area contributed by atoms with Gasteiger partial charge in [-0.05, 0) is 29.3 Å². The molecule has 1 aromatic heterocycles. The first-order valence-corrected chi connectivity index (χ1v) is 3.81. The molecule has 0 aliphatic heterocycles. The van der Waals surface area contributed by atoms with Crippen LogP contribution in [0.4, 0.5) is 0 Å². The Kier molecular flexibility index (Phi) is 2.85. The van der Waals surface area contributed by atoms with Crippen molar-refractivity contribution in [3.8, 4) is 0 Å². The van der Waals surface area contributed by atoms with Crippen LogP contribution in [0.2, 0.25) is 0 Å². The van der Waals surface area contributed by atoms with Gasteiger partial charge in [-0.15, -0.1) is 0 Å². The molecule has 0 radical (unpaired) electrons. The van der Waals surface area contributed by atoms with Crippen LogP contribution in [0.3, 0.4) is 0 Å². The Labute approximate surface area is 82.1 Å². The van der Waals surface area contributed by atoms with E-state index < -0.39 is 21.9 Å². The average molecular weight is 221 g/mol. The molecule has 1 heterocycles. The van der Waals surface area contributed by atoms with Gasteiger partial charge < -0.3 is 4.42 Å². The van der Waals surface area contributed by atoms with Crippen molar-refractivity contribution in [1.29, 1.82) is 0 Å². The van der Waals surface area contributed by atoms with Crippen LogP contribution in [0.15, 0.2) is 21.3 Å². The SMILES string of the molecule is O=C(Cl)c1cc(C(=O)Cl)oc(=O)c1. The summed E-state index contributed by atoms with van der Waals surface area (Å²) in [5, 5.41) is -1.82. The Bertz CT molecular complexity index is 385. The van der Waals surface area contributed by atoms with Crippen molar-refractivity contribution in [2.24, 2.45) is 0 Å². The third-order valence-corrected chi connectivity index (χ3v) is 1.60. The molecule has 0 bridgehead atoms. The summed E-state index contributed by atoms with van der Waals surface area (Å²) in [5.74, 6) is -0.404. The second-order valence-corrected chi connectivity index (χ2v) is 2.76. The van der Waals surface area contributed by atoms with Crippen LogP contribution in [-0.4, -0.2) is 10.5 Å². The van der Waals surface area contributed by atoms with Crippen LogP contribution in [0, 0.1) is 0 Å². The van der Waals surface area contributed by atoms with Crippen LogP contribution in [0.25, 0.3) is 0 Å². The fourth-order valence-corrected chi connectivity index (χ4v) is 0.890. The number of carbonyl (C=O) groups is 2. The minimum Gasteiger partial charge on any atom is -0.418 e. The highest BCUT2D eigenvalue weighted by Gasteiger charge is 2.11. The maximum Gasteiger partial charge on any atom is 0.337 e. The van der Waals surface area contributed by atoms with Crippen molar-refractivity contribution in [3.63, 3.8) is 0 Å². The Morgan fingerprint density at radius 3 is 2.23 bits per heavy atom. The van der Waals surface area contributed by atoms with Crippen LogP contribution < -0.4 is 5.63 Å². The fourth-order valence-electron chi connectivity index (χ4n) is 0.688. The summed E-state index contributed by atoms with van der Waals surface area (Å²) in [6.45, 7) is 0. The van der Waals surface area contributed by atoms with Crippen molar-refractivity contribution in [3.05, 3.63) is 33.9 Å². The second kappa shape index (κ2) is 3.72. The Hall–Kier alpha value is -1.13. The lowest BCUT2D eigenvalue weighted by Crippen LogP contribution is -2.05. The minimum atomic E-state index is -0.961. The van der Waals surface area contributed by atoms with Gasteiger partial charge in [0.2, 0.25) is 0 Å². The molecule has 1 rings (SSSR count). The Morgan fingerprint density at radius 1 is 1.15 bits per heavy atom. The van der Waals surface area contributed by atoms with Gasteiger partial charge in [0.05, 0.1) is 0 Å². The first kappa shape index (κ1) is 9.95. The fraction of sp³-hybridized carbons (Fsp3) is 0. The number of hydrogen-bond donors (Lipinski definition) is 0. The quantitative estimate of drug-likeness (QED) is 0.708. The van der Waals surface area contributed by atoms with Gasteiger partial charge >= 0.3 is 5.63 Å². The van der Waals surface area contributed by atoms with Gasteiger partial charge in [0, 0.05) is 11.6 Å². The zero-order valence-corrected chi connectivity index (χ0v) is 7.56. The maximum atomic E-state index is 10.7. The third-order valence-electron chi connectivity index (χ3n) is 1.19. The molecule has 0 aliphatic rings. The van der Waals surface area contributed by atoms with E-state index in [1.165, 1.54) is 0 Å². The van der Waals surface area contributed by atoms with Crippen LogP contribution in [-0.2, 0) is 0 Å². The molecule has 0 saturated heterocycles. The molecular weight excluding hydrogens is 219 g/mol. The zero-order valence-electron chi connectivity index (χ0n) is 6.04. The van der Waals surface area contributed by atoms with Crippen LogP contribution in [0.1, 0.15) is 20.9 Å². The smallest absolute Gasteiger partial charge is 0.337 e.